The molecule has 0 aliphatic carbocycles. The van der Waals surface area contributed by atoms with Gasteiger partial charge in [0, 0.05) is 31.4 Å². The average molecular weight is 280 g/mol. The van der Waals surface area contributed by atoms with Gasteiger partial charge in [-0.3, -0.25) is 4.98 Å². The van der Waals surface area contributed by atoms with E-state index in [1.807, 2.05) is 25.1 Å². The molecule has 1 atom stereocenters. The molecule has 1 N–H and O–H groups in total. The second-order valence-corrected chi connectivity index (χ2v) is 4.83. The van der Waals surface area contributed by atoms with Gasteiger partial charge in [0.2, 0.25) is 0 Å². The number of aromatic nitrogens is 1. The summed E-state index contributed by atoms with van der Waals surface area (Å²) in [4.78, 5) is 17.7. The van der Waals surface area contributed by atoms with Crippen LogP contribution in [0.25, 0.3) is 0 Å². The monoisotopic (exact) mass is 280 g/mol. The standard InChI is InChI=1S/C15H24N2O3/c1-3-4-11-20-15(19)17(12-13(2)18)10-8-14-7-5-6-9-16-14/h5-7,9,13,18H,3-4,8,10-12H2,1-2H3. The minimum atomic E-state index is -0.572. The molecule has 0 saturated heterocycles. The van der Waals surface area contributed by atoms with E-state index in [0.29, 0.717) is 19.6 Å². The van der Waals surface area contributed by atoms with Gasteiger partial charge in [0.25, 0.3) is 0 Å². The van der Waals surface area contributed by atoms with Gasteiger partial charge >= 0.3 is 6.09 Å². The zero-order valence-corrected chi connectivity index (χ0v) is 12.3. The Morgan fingerprint density at radius 3 is 2.90 bits per heavy atom. The smallest absolute Gasteiger partial charge is 0.409 e. The molecule has 5 nitrogen and oxygen atoms in total. The summed E-state index contributed by atoms with van der Waals surface area (Å²) in [5.74, 6) is 0. The van der Waals surface area contributed by atoms with Crippen molar-refractivity contribution in [3.8, 4) is 0 Å². The Hall–Kier alpha value is -1.62. The SMILES string of the molecule is CCCCOC(=O)N(CCc1ccccn1)CC(C)O. The molecule has 1 aromatic rings. The van der Waals surface area contributed by atoms with E-state index in [2.05, 4.69) is 4.98 Å². The molecule has 0 saturated carbocycles. The molecule has 1 unspecified atom stereocenters. The highest BCUT2D eigenvalue weighted by molar-refractivity contribution is 5.67. The summed E-state index contributed by atoms with van der Waals surface area (Å²) in [5.41, 5.74) is 0.921. The third-order valence-corrected chi connectivity index (χ3v) is 2.83. The van der Waals surface area contributed by atoms with Gasteiger partial charge in [0.1, 0.15) is 0 Å². The molecule has 1 heterocycles. The van der Waals surface area contributed by atoms with Gasteiger partial charge < -0.3 is 14.7 Å². The fourth-order valence-electron chi connectivity index (χ4n) is 1.77. The fourth-order valence-corrected chi connectivity index (χ4v) is 1.77. The van der Waals surface area contributed by atoms with E-state index in [0.717, 1.165) is 18.5 Å². The van der Waals surface area contributed by atoms with Gasteiger partial charge in [0.15, 0.2) is 0 Å². The number of rotatable bonds is 8. The Labute approximate surface area is 120 Å². The second-order valence-electron chi connectivity index (χ2n) is 4.83. The van der Waals surface area contributed by atoms with Crippen LogP contribution in [0.2, 0.25) is 0 Å². The first-order chi connectivity index (χ1) is 9.63. The largest absolute Gasteiger partial charge is 0.449 e. The Morgan fingerprint density at radius 2 is 2.30 bits per heavy atom. The molecule has 0 spiro atoms. The summed E-state index contributed by atoms with van der Waals surface area (Å²) >= 11 is 0. The first kappa shape index (κ1) is 16.4. The van der Waals surface area contributed by atoms with Crippen molar-refractivity contribution in [1.29, 1.82) is 0 Å². The van der Waals surface area contributed by atoms with Crippen molar-refractivity contribution in [3.05, 3.63) is 30.1 Å². The molecule has 1 rings (SSSR count). The summed E-state index contributed by atoms with van der Waals surface area (Å²) in [5, 5.41) is 9.48. The molecule has 0 radical (unpaired) electrons. The summed E-state index contributed by atoms with van der Waals surface area (Å²) in [6.07, 6.45) is 3.28. The van der Waals surface area contributed by atoms with Crippen LogP contribution < -0.4 is 0 Å². The number of pyridine rings is 1. The Balaban J connectivity index is 2.48. The number of hydrogen-bond donors (Lipinski definition) is 1. The molecule has 20 heavy (non-hydrogen) atoms. The van der Waals surface area contributed by atoms with Gasteiger partial charge in [-0.25, -0.2) is 4.79 Å². The number of carbonyl (C=O) groups excluding carboxylic acids is 1. The van der Waals surface area contributed by atoms with Crippen LogP contribution in [-0.4, -0.2) is 46.9 Å². The lowest BCUT2D eigenvalue weighted by Crippen LogP contribution is -2.38. The van der Waals surface area contributed by atoms with Gasteiger partial charge in [0.05, 0.1) is 12.7 Å². The Morgan fingerprint density at radius 1 is 1.50 bits per heavy atom. The minimum absolute atomic E-state index is 0.276. The summed E-state index contributed by atoms with van der Waals surface area (Å²) in [6, 6.07) is 5.69. The van der Waals surface area contributed by atoms with E-state index in [-0.39, 0.29) is 12.6 Å². The number of unbranched alkanes of at least 4 members (excludes halogenated alkanes) is 1. The normalized spacial score (nSPS) is 11.9. The predicted octanol–water partition coefficient (Wildman–Crippen LogP) is 2.24. The van der Waals surface area contributed by atoms with Crippen LogP contribution in [-0.2, 0) is 11.2 Å². The zero-order chi connectivity index (χ0) is 14.8. The minimum Gasteiger partial charge on any atom is -0.449 e. The van der Waals surface area contributed by atoms with Crippen LogP contribution in [0.15, 0.2) is 24.4 Å². The van der Waals surface area contributed by atoms with Crippen LogP contribution in [0.4, 0.5) is 4.79 Å². The van der Waals surface area contributed by atoms with E-state index in [1.165, 1.54) is 4.90 Å². The van der Waals surface area contributed by atoms with Crippen molar-refractivity contribution >= 4 is 6.09 Å². The number of hydrogen-bond acceptors (Lipinski definition) is 4. The maximum Gasteiger partial charge on any atom is 0.409 e. The van der Waals surface area contributed by atoms with Crippen LogP contribution in [0.3, 0.4) is 0 Å². The zero-order valence-electron chi connectivity index (χ0n) is 12.3. The fraction of sp³-hybridized carbons (Fsp3) is 0.600. The summed E-state index contributed by atoms with van der Waals surface area (Å²) < 4.78 is 5.19. The number of aliphatic hydroxyl groups excluding tert-OH is 1. The van der Waals surface area contributed by atoms with Crippen LogP contribution in [0.1, 0.15) is 32.4 Å². The number of nitrogens with zero attached hydrogens (tertiary/aromatic N) is 2. The molecular formula is C15H24N2O3. The van der Waals surface area contributed by atoms with Crippen LogP contribution >= 0.6 is 0 Å². The van der Waals surface area contributed by atoms with E-state index >= 15 is 0 Å². The van der Waals surface area contributed by atoms with E-state index in [4.69, 9.17) is 4.74 Å². The van der Waals surface area contributed by atoms with Gasteiger partial charge in [-0.2, -0.15) is 0 Å². The molecule has 0 aliphatic rings. The van der Waals surface area contributed by atoms with Crippen molar-refractivity contribution in [1.82, 2.24) is 9.88 Å². The van der Waals surface area contributed by atoms with Crippen molar-refractivity contribution in [2.75, 3.05) is 19.7 Å². The number of amides is 1. The number of aliphatic hydroxyl groups is 1. The van der Waals surface area contributed by atoms with Crippen molar-refractivity contribution in [2.24, 2.45) is 0 Å². The molecule has 0 bridgehead atoms. The number of carbonyl (C=O) groups is 1. The quantitative estimate of drug-likeness (QED) is 0.742. The van der Waals surface area contributed by atoms with Crippen LogP contribution in [0.5, 0.6) is 0 Å². The van der Waals surface area contributed by atoms with Crippen molar-refractivity contribution in [2.45, 2.75) is 39.2 Å². The van der Waals surface area contributed by atoms with Gasteiger partial charge in [-0.1, -0.05) is 19.4 Å². The van der Waals surface area contributed by atoms with E-state index in [1.54, 1.807) is 13.1 Å². The molecule has 0 aliphatic heterocycles. The maximum atomic E-state index is 11.9. The molecule has 0 fully saturated rings. The first-order valence-electron chi connectivity index (χ1n) is 7.13. The maximum absolute atomic E-state index is 11.9. The van der Waals surface area contributed by atoms with Gasteiger partial charge in [-0.15, -0.1) is 0 Å². The molecule has 1 aromatic heterocycles. The van der Waals surface area contributed by atoms with Crippen LogP contribution in [0, 0.1) is 0 Å². The van der Waals surface area contributed by atoms with Crippen molar-refractivity contribution < 1.29 is 14.6 Å². The Bertz CT molecular complexity index is 382. The van der Waals surface area contributed by atoms with Crippen molar-refractivity contribution in [3.63, 3.8) is 0 Å². The van der Waals surface area contributed by atoms with E-state index in [9.17, 15) is 9.90 Å². The van der Waals surface area contributed by atoms with Gasteiger partial charge in [-0.05, 0) is 25.5 Å². The predicted molar refractivity (Wildman–Crippen MR) is 77.5 cm³/mol. The third kappa shape index (κ3) is 6.52. The van der Waals surface area contributed by atoms with E-state index < -0.39 is 6.10 Å². The topological polar surface area (TPSA) is 62.7 Å². The lowest BCUT2D eigenvalue weighted by atomic mass is 10.2. The lowest BCUT2D eigenvalue weighted by Gasteiger charge is -2.23. The first-order valence-corrected chi connectivity index (χ1v) is 7.13. The highest BCUT2D eigenvalue weighted by Crippen LogP contribution is 2.03. The Kier molecular flexibility index (Phi) is 7.65. The highest BCUT2D eigenvalue weighted by Gasteiger charge is 2.16. The molecule has 112 valence electrons. The molecule has 1 amide bonds. The number of ether oxygens (including phenoxy) is 1. The third-order valence-electron chi connectivity index (χ3n) is 2.83. The lowest BCUT2D eigenvalue weighted by molar-refractivity contribution is 0.0774. The molecule has 0 aromatic carbocycles. The second kappa shape index (κ2) is 9.31. The molecule has 5 heteroatoms. The summed E-state index contributed by atoms with van der Waals surface area (Å²) in [6.45, 7) is 4.90. The average Bonchev–Trinajstić information content (AvgIpc) is 2.44. The highest BCUT2D eigenvalue weighted by atomic mass is 16.6. The summed E-state index contributed by atoms with van der Waals surface area (Å²) in [7, 11) is 0. The molecular weight excluding hydrogens is 256 g/mol.